The minimum atomic E-state index is 0.544. The largest absolute Gasteiger partial charge is 0.297 e. The SMILES string of the molecule is CCC(C)N1CC(C)(C)CC1C. The average Bonchev–Trinajstić information content (AvgIpc) is 2.23. The third kappa shape index (κ3) is 2.01. The van der Waals surface area contributed by atoms with Crippen molar-refractivity contribution in [2.75, 3.05) is 6.54 Å². The monoisotopic (exact) mass is 169 g/mol. The Kier molecular flexibility index (Phi) is 2.82. The fourth-order valence-corrected chi connectivity index (χ4v) is 2.46. The van der Waals surface area contributed by atoms with Crippen LogP contribution in [0.2, 0.25) is 0 Å². The zero-order chi connectivity index (χ0) is 9.35. The van der Waals surface area contributed by atoms with Crippen LogP contribution in [0.5, 0.6) is 0 Å². The highest BCUT2D eigenvalue weighted by Crippen LogP contribution is 2.35. The zero-order valence-corrected chi connectivity index (χ0v) is 9.22. The van der Waals surface area contributed by atoms with Crippen molar-refractivity contribution in [2.45, 2.75) is 59.5 Å². The first-order valence-corrected chi connectivity index (χ1v) is 5.22. The van der Waals surface area contributed by atoms with E-state index in [1.165, 1.54) is 19.4 Å². The maximum Gasteiger partial charge on any atom is 0.00755 e. The van der Waals surface area contributed by atoms with Crippen LogP contribution in [0.1, 0.15) is 47.5 Å². The molecule has 0 bridgehead atoms. The van der Waals surface area contributed by atoms with Crippen LogP contribution in [-0.4, -0.2) is 23.5 Å². The maximum absolute atomic E-state index is 2.65. The Labute approximate surface area is 77.1 Å². The number of likely N-dealkylation sites (tertiary alicyclic amines) is 1. The van der Waals surface area contributed by atoms with Gasteiger partial charge in [0.1, 0.15) is 0 Å². The summed E-state index contributed by atoms with van der Waals surface area (Å²) in [6, 6.07) is 1.55. The van der Waals surface area contributed by atoms with Crippen molar-refractivity contribution < 1.29 is 0 Å². The zero-order valence-electron chi connectivity index (χ0n) is 9.22. The van der Waals surface area contributed by atoms with Gasteiger partial charge in [0.2, 0.25) is 0 Å². The number of nitrogens with zero attached hydrogens (tertiary/aromatic N) is 1. The van der Waals surface area contributed by atoms with Gasteiger partial charge in [0.25, 0.3) is 0 Å². The molecule has 1 nitrogen and oxygen atoms in total. The van der Waals surface area contributed by atoms with Gasteiger partial charge in [0.05, 0.1) is 0 Å². The standard InChI is InChI=1S/C11H23N/c1-6-9(2)12-8-11(4,5)7-10(12)3/h9-10H,6-8H2,1-5H3. The van der Waals surface area contributed by atoms with Gasteiger partial charge in [-0.05, 0) is 32.1 Å². The first-order valence-electron chi connectivity index (χ1n) is 5.22. The molecule has 0 amide bonds. The lowest BCUT2D eigenvalue weighted by atomic mass is 9.91. The maximum atomic E-state index is 2.65. The van der Waals surface area contributed by atoms with Crippen LogP contribution >= 0.6 is 0 Å². The van der Waals surface area contributed by atoms with Crippen molar-refractivity contribution in [3.63, 3.8) is 0 Å². The highest BCUT2D eigenvalue weighted by molar-refractivity contribution is 4.90. The lowest BCUT2D eigenvalue weighted by molar-refractivity contribution is 0.186. The van der Waals surface area contributed by atoms with E-state index < -0.39 is 0 Å². The van der Waals surface area contributed by atoms with Crippen LogP contribution in [0, 0.1) is 5.41 Å². The van der Waals surface area contributed by atoms with Crippen LogP contribution < -0.4 is 0 Å². The molecule has 1 fully saturated rings. The summed E-state index contributed by atoms with van der Waals surface area (Å²) in [4.78, 5) is 2.65. The second kappa shape index (κ2) is 3.37. The molecule has 2 atom stereocenters. The van der Waals surface area contributed by atoms with Crippen LogP contribution in [0.25, 0.3) is 0 Å². The molecule has 1 aliphatic heterocycles. The smallest absolute Gasteiger partial charge is 0.00755 e. The van der Waals surface area contributed by atoms with Crippen LogP contribution in [0.4, 0.5) is 0 Å². The van der Waals surface area contributed by atoms with Gasteiger partial charge in [-0.3, -0.25) is 4.90 Å². The summed E-state index contributed by atoms with van der Waals surface area (Å²) < 4.78 is 0. The highest BCUT2D eigenvalue weighted by atomic mass is 15.2. The van der Waals surface area contributed by atoms with Crippen LogP contribution in [0.15, 0.2) is 0 Å². The summed E-state index contributed by atoms with van der Waals surface area (Å²) in [5.41, 5.74) is 0.544. The molecule has 0 aromatic carbocycles. The Morgan fingerprint density at radius 1 is 1.50 bits per heavy atom. The number of rotatable bonds is 2. The molecule has 12 heavy (non-hydrogen) atoms. The lowest BCUT2D eigenvalue weighted by Gasteiger charge is -2.28. The van der Waals surface area contributed by atoms with Gasteiger partial charge in [-0.2, -0.15) is 0 Å². The molecule has 2 unspecified atom stereocenters. The molecule has 0 spiro atoms. The summed E-state index contributed by atoms with van der Waals surface area (Å²) in [6.07, 6.45) is 2.64. The van der Waals surface area contributed by atoms with E-state index in [1.807, 2.05) is 0 Å². The normalized spacial score (nSPS) is 32.2. The molecule has 1 heteroatoms. The summed E-state index contributed by atoms with van der Waals surface area (Å²) in [6.45, 7) is 13.0. The van der Waals surface area contributed by atoms with E-state index >= 15 is 0 Å². The molecule has 1 rings (SSSR count). The average molecular weight is 169 g/mol. The van der Waals surface area contributed by atoms with Crippen molar-refractivity contribution in [1.29, 1.82) is 0 Å². The first kappa shape index (κ1) is 10.0. The van der Waals surface area contributed by atoms with Gasteiger partial charge in [-0.1, -0.05) is 20.8 Å². The van der Waals surface area contributed by atoms with Crippen molar-refractivity contribution in [1.82, 2.24) is 4.90 Å². The molecule has 0 aromatic heterocycles. The Hall–Kier alpha value is -0.0400. The summed E-state index contributed by atoms with van der Waals surface area (Å²) in [7, 11) is 0. The van der Waals surface area contributed by atoms with Crippen molar-refractivity contribution in [3.8, 4) is 0 Å². The fraction of sp³-hybridized carbons (Fsp3) is 1.00. The van der Waals surface area contributed by atoms with Crippen molar-refractivity contribution in [2.24, 2.45) is 5.41 Å². The minimum Gasteiger partial charge on any atom is -0.297 e. The van der Waals surface area contributed by atoms with E-state index in [1.54, 1.807) is 0 Å². The topological polar surface area (TPSA) is 3.24 Å². The molecule has 0 aliphatic carbocycles. The summed E-state index contributed by atoms with van der Waals surface area (Å²) in [5, 5.41) is 0. The van der Waals surface area contributed by atoms with Crippen molar-refractivity contribution in [3.05, 3.63) is 0 Å². The third-order valence-corrected chi connectivity index (χ3v) is 3.18. The molecular formula is C11H23N. The quantitative estimate of drug-likeness (QED) is 0.614. The van der Waals surface area contributed by atoms with E-state index in [0.29, 0.717) is 5.41 Å². The van der Waals surface area contributed by atoms with Gasteiger partial charge in [0.15, 0.2) is 0 Å². The summed E-state index contributed by atoms with van der Waals surface area (Å²) in [5.74, 6) is 0. The number of hydrogen-bond donors (Lipinski definition) is 0. The van der Waals surface area contributed by atoms with E-state index in [0.717, 1.165) is 12.1 Å². The molecular weight excluding hydrogens is 146 g/mol. The molecule has 0 aromatic rings. The van der Waals surface area contributed by atoms with Gasteiger partial charge in [-0.25, -0.2) is 0 Å². The summed E-state index contributed by atoms with van der Waals surface area (Å²) >= 11 is 0. The van der Waals surface area contributed by atoms with E-state index in [4.69, 9.17) is 0 Å². The van der Waals surface area contributed by atoms with E-state index in [2.05, 4.69) is 39.5 Å². The predicted molar refractivity (Wildman–Crippen MR) is 54.3 cm³/mol. The highest BCUT2D eigenvalue weighted by Gasteiger charge is 2.36. The molecule has 1 heterocycles. The predicted octanol–water partition coefficient (Wildman–Crippen LogP) is 2.91. The molecule has 72 valence electrons. The third-order valence-electron chi connectivity index (χ3n) is 3.18. The van der Waals surface area contributed by atoms with Crippen LogP contribution in [0.3, 0.4) is 0 Å². The van der Waals surface area contributed by atoms with E-state index in [-0.39, 0.29) is 0 Å². The van der Waals surface area contributed by atoms with Gasteiger partial charge < -0.3 is 0 Å². The van der Waals surface area contributed by atoms with Gasteiger partial charge in [-0.15, -0.1) is 0 Å². The van der Waals surface area contributed by atoms with E-state index in [9.17, 15) is 0 Å². The Balaban J connectivity index is 2.57. The Morgan fingerprint density at radius 3 is 2.42 bits per heavy atom. The first-order chi connectivity index (χ1) is 5.46. The fourth-order valence-electron chi connectivity index (χ4n) is 2.46. The van der Waals surface area contributed by atoms with Gasteiger partial charge in [0, 0.05) is 18.6 Å². The van der Waals surface area contributed by atoms with Crippen LogP contribution in [-0.2, 0) is 0 Å². The molecule has 1 aliphatic rings. The molecule has 1 saturated heterocycles. The Bertz CT molecular complexity index is 151. The second-order valence-electron chi connectivity index (χ2n) is 5.15. The van der Waals surface area contributed by atoms with Crippen molar-refractivity contribution >= 4 is 0 Å². The Morgan fingerprint density at radius 2 is 2.08 bits per heavy atom. The number of hydrogen-bond acceptors (Lipinski definition) is 1. The lowest BCUT2D eigenvalue weighted by Crippen LogP contribution is -2.36. The minimum absolute atomic E-state index is 0.544. The van der Waals surface area contributed by atoms with Gasteiger partial charge >= 0.3 is 0 Å². The molecule has 0 N–H and O–H groups in total. The molecule has 0 radical (unpaired) electrons. The molecule has 0 saturated carbocycles. The second-order valence-corrected chi connectivity index (χ2v) is 5.15.